The number of halogens is 3. The maximum absolute atomic E-state index is 14.1. The molecule has 0 bridgehead atoms. The zero-order chi connectivity index (χ0) is 30.4. The number of hydrogen-bond donors (Lipinski definition) is 1. The lowest BCUT2D eigenvalue weighted by Crippen LogP contribution is -2.53. The Kier molecular flexibility index (Phi) is 10.5. The summed E-state index contributed by atoms with van der Waals surface area (Å²) >= 11 is 12.4. The summed E-state index contributed by atoms with van der Waals surface area (Å²) in [4.78, 5) is 28.9. The summed E-state index contributed by atoms with van der Waals surface area (Å²) in [5.41, 5.74) is 1.80. The lowest BCUT2D eigenvalue weighted by molar-refractivity contribution is -0.140. The normalized spacial score (nSPS) is 14.4. The van der Waals surface area contributed by atoms with Gasteiger partial charge < -0.3 is 10.2 Å². The Morgan fingerprint density at radius 3 is 2.21 bits per heavy atom. The van der Waals surface area contributed by atoms with Gasteiger partial charge in [0.05, 0.1) is 20.6 Å². The summed E-state index contributed by atoms with van der Waals surface area (Å²) in [6.45, 7) is 3.09. The van der Waals surface area contributed by atoms with Crippen LogP contribution in [0.15, 0.2) is 71.6 Å². The van der Waals surface area contributed by atoms with E-state index in [1.54, 1.807) is 49.4 Å². The monoisotopic (exact) mass is 633 g/mol. The molecule has 0 aliphatic heterocycles. The molecule has 2 amide bonds. The molecule has 11 heteroatoms. The highest BCUT2D eigenvalue weighted by Gasteiger charge is 2.34. The fraction of sp³-hybridized carbons (Fsp3) is 0.355. The zero-order valence-electron chi connectivity index (χ0n) is 23.5. The third kappa shape index (κ3) is 7.62. The first kappa shape index (κ1) is 31.8. The first-order valence-corrected chi connectivity index (χ1v) is 16.1. The molecule has 0 spiro atoms. The average molecular weight is 635 g/mol. The van der Waals surface area contributed by atoms with Crippen LogP contribution >= 0.6 is 23.2 Å². The smallest absolute Gasteiger partial charge is 0.264 e. The second kappa shape index (κ2) is 13.9. The number of sulfonamides is 1. The molecule has 42 heavy (non-hydrogen) atoms. The summed E-state index contributed by atoms with van der Waals surface area (Å²) in [5, 5.41) is 3.72. The molecule has 224 valence electrons. The minimum atomic E-state index is -4.29. The molecular weight excluding hydrogens is 600 g/mol. The molecule has 1 saturated carbocycles. The van der Waals surface area contributed by atoms with Crippen molar-refractivity contribution in [2.24, 2.45) is 0 Å². The standard InChI is InChI=1S/C31H34Cl2FN3O4S/c1-3-29(31(39)35-24-6-4-5-7-24)36(19-22-10-17-27(32)28(33)18-22)30(38)20-37(25-13-8-21(2)9-14-25)42(40,41)26-15-11-23(34)12-16-26/h8-18,24,29H,3-7,19-20H2,1-2H3,(H,35,39)/t29-/m1/s1. The Morgan fingerprint density at radius 1 is 0.976 bits per heavy atom. The van der Waals surface area contributed by atoms with E-state index in [9.17, 15) is 22.4 Å². The van der Waals surface area contributed by atoms with E-state index >= 15 is 0 Å². The third-order valence-corrected chi connectivity index (χ3v) is 9.95. The van der Waals surface area contributed by atoms with E-state index in [4.69, 9.17) is 23.2 Å². The summed E-state index contributed by atoms with van der Waals surface area (Å²) in [6.07, 6.45) is 4.11. The van der Waals surface area contributed by atoms with Crippen LogP contribution in [-0.4, -0.2) is 43.8 Å². The van der Waals surface area contributed by atoms with Crippen LogP contribution in [-0.2, 0) is 26.2 Å². The lowest BCUT2D eigenvalue weighted by atomic mass is 10.1. The largest absolute Gasteiger partial charge is 0.352 e. The van der Waals surface area contributed by atoms with E-state index in [0.29, 0.717) is 22.0 Å². The summed E-state index contributed by atoms with van der Waals surface area (Å²) < 4.78 is 42.3. The van der Waals surface area contributed by atoms with Gasteiger partial charge in [-0.25, -0.2) is 12.8 Å². The molecular formula is C31H34Cl2FN3O4S. The Labute approximate surface area is 256 Å². The number of anilines is 1. The van der Waals surface area contributed by atoms with E-state index in [2.05, 4.69) is 5.32 Å². The number of nitrogens with one attached hydrogen (secondary N) is 1. The van der Waals surface area contributed by atoms with Gasteiger partial charge in [0.2, 0.25) is 11.8 Å². The summed E-state index contributed by atoms with van der Waals surface area (Å²) in [6, 6.07) is 15.3. The average Bonchev–Trinajstić information content (AvgIpc) is 3.47. The number of amides is 2. The predicted octanol–water partition coefficient (Wildman–Crippen LogP) is 6.50. The van der Waals surface area contributed by atoms with Crippen LogP contribution in [0.25, 0.3) is 0 Å². The molecule has 1 aliphatic carbocycles. The van der Waals surface area contributed by atoms with Crippen molar-refractivity contribution < 1.29 is 22.4 Å². The maximum atomic E-state index is 14.1. The lowest BCUT2D eigenvalue weighted by Gasteiger charge is -2.34. The van der Waals surface area contributed by atoms with Crippen LogP contribution < -0.4 is 9.62 Å². The van der Waals surface area contributed by atoms with Crippen molar-refractivity contribution in [2.45, 2.75) is 69.5 Å². The molecule has 0 heterocycles. The first-order valence-electron chi connectivity index (χ1n) is 13.9. The maximum Gasteiger partial charge on any atom is 0.264 e. The minimum Gasteiger partial charge on any atom is -0.352 e. The van der Waals surface area contributed by atoms with E-state index in [0.717, 1.165) is 59.8 Å². The SMILES string of the molecule is CC[C@H](C(=O)NC1CCCC1)N(Cc1ccc(Cl)c(Cl)c1)C(=O)CN(c1ccc(C)cc1)S(=O)(=O)c1ccc(F)cc1. The molecule has 1 N–H and O–H groups in total. The molecule has 0 radical (unpaired) electrons. The fourth-order valence-electron chi connectivity index (χ4n) is 5.10. The van der Waals surface area contributed by atoms with Gasteiger partial charge in [0, 0.05) is 12.6 Å². The van der Waals surface area contributed by atoms with Gasteiger partial charge in [0.15, 0.2) is 0 Å². The number of hydrogen-bond acceptors (Lipinski definition) is 4. The van der Waals surface area contributed by atoms with Crippen molar-refractivity contribution in [2.75, 3.05) is 10.8 Å². The van der Waals surface area contributed by atoms with Gasteiger partial charge in [0.25, 0.3) is 10.0 Å². The molecule has 1 atom stereocenters. The van der Waals surface area contributed by atoms with Gasteiger partial charge in [-0.2, -0.15) is 0 Å². The van der Waals surface area contributed by atoms with Gasteiger partial charge in [-0.3, -0.25) is 13.9 Å². The van der Waals surface area contributed by atoms with E-state index in [-0.39, 0.29) is 29.1 Å². The highest BCUT2D eigenvalue weighted by Crippen LogP contribution is 2.27. The molecule has 1 aliphatic rings. The zero-order valence-corrected chi connectivity index (χ0v) is 25.9. The molecule has 0 unspecified atom stereocenters. The number of nitrogens with zero attached hydrogens (tertiary/aromatic N) is 2. The highest BCUT2D eigenvalue weighted by molar-refractivity contribution is 7.92. The Hall–Kier alpha value is -3.14. The number of rotatable bonds is 11. The third-order valence-electron chi connectivity index (χ3n) is 7.43. The van der Waals surface area contributed by atoms with Crippen molar-refractivity contribution in [3.8, 4) is 0 Å². The van der Waals surface area contributed by atoms with Crippen LogP contribution in [0.2, 0.25) is 10.0 Å². The number of carbonyl (C=O) groups excluding carboxylic acids is 2. The van der Waals surface area contributed by atoms with Gasteiger partial charge in [-0.05, 0) is 80.3 Å². The molecule has 1 fully saturated rings. The van der Waals surface area contributed by atoms with Crippen LogP contribution in [0.3, 0.4) is 0 Å². The summed E-state index contributed by atoms with van der Waals surface area (Å²) in [5.74, 6) is -1.46. The van der Waals surface area contributed by atoms with Crippen LogP contribution in [0.5, 0.6) is 0 Å². The van der Waals surface area contributed by atoms with Crippen LogP contribution in [0.1, 0.15) is 50.2 Å². The topological polar surface area (TPSA) is 86.8 Å². The molecule has 0 saturated heterocycles. The van der Waals surface area contributed by atoms with Crippen molar-refractivity contribution in [1.82, 2.24) is 10.2 Å². The Bertz CT molecular complexity index is 1510. The van der Waals surface area contributed by atoms with Crippen LogP contribution in [0.4, 0.5) is 10.1 Å². The van der Waals surface area contributed by atoms with E-state index in [1.807, 2.05) is 6.92 Å². The molecule has 0 aromatic heterocycles. The Balaban J connectivity index is 1.72. The van der Waals surface area contributed by atoms with Gasteiger partial charge in [-0.1, -0.05) is 66.7 Å². The van der Waals surface area contributed by atoms with Crippen LogP contribution in [0, 0.1) is 12.7 Å². The number of carbonyl (C=O) groups is 2. The second-order valence-corrected chi connectivity index (χ2v) is 13.2. The molecule has 3 aromatic rings. The predicted molar refractivity (Wildman–Crippen MR) is 164 cm³/mol. The summed E-state index contributed by atoms with van der Waals surface area (Å²) in [7, 11) is -4.29. The fourth-order valence-corrected chi connectivity index (χ4v) is 6.83. The Morgan fingerprint density at radius 2 is 1.62 bits per heavy atom. The van der Waals surface area contributed by atoms with Crippen molar-refractivity contribution in [3.63, 3.8) is 0 Å². The van der Waals surface area contributed by atoms with Crippen molar-refractivity contribution in [1.29, 1.82) is 0 Å². The van der Waals surface area contributed by atoms with Crippen molar-refractivity contribution in [3.05, 3.63) is 93.7 Å². The van der Waals surface area contributed by atoms with E-state index < -0.39 is 34.3 Å². The van der Waals surface area contributed by atoms with E-state index in [1.165, 1.54) is 4.90 Å². The minimum absolute atomic E-state index is 0.00461. The van der Waals surface area contributed by atoms with Gasteiger partial charge in [0.1, 0.15) is 18.4 Å². The quantitative estimate of drug-likeness (QED) is 0.261. The highest BCUT2D eigenvalue weighted by atomic mass is 35.5. The molecule has 3 aromatic carbocycles. The molecule has 7 nitrogen and oxygen atoms in total. The number of benzene rings is 3. The van der Waals surface area contributed by atoms with Gasteiger partial charge in [-0.15, -0.1) is 0 Å². The van der Waals surface area contributed by atoms with Crippen molar-refractivity contribution >= 4 is 50.7 Å². The van der Waals surface area contributed by atoms with Gasteiger partial charge >= 0.3 is 0 Å². The molecule has 4 rings (SSSR count). The number of aryl methyl sites for hydroxylation is 1. The second-order valence-electron chi connectivity index (χ2n) is 10.5. The first-order chi connectivity index (χ1) is 20.0.